The number of nitrogens with one attached hydrogen (secondary N) is 1. The fourth-order valence-corrected chi connectivity index (χ4v) is 2.47. The molecule has 0 saturated carbocycles. The second-order valence-corrected chi connectivity index (χ2v) is 5.84. The van der Waals surface area contributed by atoms with E-state index < -0.39 is 0 Å². The molecule has 1 heterocycles. The maximum atomic E-state index is 6.02. The standard InChI is InChI=1S/C16H29ClN4O2.HI/c1-18-16(19-7-5-6-8-23-10-9-22-4)21(3)13-15-11-14(17)12-20(15)2;/h11-12H,5-10,13H2,1-4H3,(H,18,19);1H. The van der Waals surface area contributed by atoms with E-state index in [1.807, 2.05) is 30.9 Å². The van der Waals surface area contributed by atoms with Crippen LogP contribution in [0, 0.1) is 0 Å². The van der Waals surface area contributed by atoms with E-state index in [2.05, 4.69) is 15.2 Å². The lowest BCUT2D eigenvalue weighted by Crippen LogP contribution is -2.39. The van der Waals surface area contributed by atoms with E-state index in [9.17, 15) is 0 Å². The van der Waals surface area contributed by atoms with Crippen molar-refractivity contribution in [3.63, 3.8) is 0 Å². The van der Waals surface area contributed by atoms with Crippen LogP contribution < -0.4 is 5.32 Å². The van der Waals surface area contributed by atoms with Gasteiger partial charge in [0.25, 0.3) is 0 Å². The van der Waals surface area contributed by atoms with Crippen LogP contribution in [0.5, 0.6) is 0 Å². The quantitative estimate of drug-likeness (QED) is 0.246. The molecule has 0 fully saturated rings. The highest BCUT2D eigenvalue weighted by Crippen LogP contribution is 2.14. The maximum absolute atomic E-state index is 6.02. The zero-order valence-corrected chi connectivity index (χ0v) is 18.1. The summed E-state index contributed by atoms with van der Waals surface area (Å²) in [6.45, 7) is 3.70. The number of nitrogens with zero attached hydrogens (tertiary/aromatic N) is 3. The molecule has 0 amide bonds. The predicted molar refractivity (Wildman–Crippen MR) is 111 cm³/mol. The topological polar surface area (TPSA) is 51.0 Å². The molecule has 1 aromatic heterocycles. The highest BCUT2D eigenvalue weighted by molar-refractivity contribution is 14.0. The Labute approximate surface area is 167 Å². The number of aryl methyl sites for hydroxylation is 1. The number of rotatable bonds is 10. The van der Waals surface area contributed by atoms with E-state index in [0.29, 0.717) is 13.2 Å². The van der Waals surface area contributed by atoms with Gasteiger partial charge in [-0.05, 0) is 18.9 Å². The number of hydrogen-bond acceptors (Lipinski definition) is 3. The minimum Gasteiger partial charge on any atom is -0.382 e. The largest absolute Gasteiger partial charge is 0.382 e. The first-order valence-corrected chi connectivity index (χ1v) is 8.25. The van der Waals surface area contributed by atoms with Gasteiger partial charge in [0.1, 0.15) is 0 Å². The summed E-state index contributed by atoms with van der Waals surface area (Å²) in [7, 11) is 7.49. The number of aromatic nitrogens is 1. The van der Waals surface area contributed by atoms with Crippen LogP contribution in [0.4, 0.5) is 0 Å². The highest BCUT2D eigenvalue weighted by Gasteiger charge is 2.09. The second kappa shape index (κ2) is 13.7. The summed E-state index contributed by atoms with van der Waals surface area (Å²) in [5, 5.41) is 4.13. The molecular weight excluding hydrogens is 443 g/mol. The third-order valence-electron chi connectivity index (χ3n) is 3.48. The van der Waals surface area contributed by atoms with Gasteiger partial charge in [-0.25, -0.2) is 0 Å². The molecule has 0 aliphatic heterocycles. The average molecular weight is 473 g/mol. The molecular formula is C16H30ClIN4O2. The number of methoxy groups -OCH3 is 1. The monoisotopic (exact) mass is 472 g/mol. The van der Waals surface area contributed by atoms with Gasteiger partial charge in [0.15, 0.2) is 5.96 Å². The third-order valence-corrected chi connectivity index (χ3v) is 3.68. The van der Waals surface area contributed by atoms with Gasteiger partial charge < -0.3 is 24.3 Å². The Bertz CT molecular complexity index is 483. The van der Waals surface area contributed by atoms with Crippen molar-refractivity contribution >= 4 is 41.5 Å². The van der Waals surface area contributed by atoms with Crippen molar-refractivity contribution < 1.29 is 9.47 Å². The molecule has 6 nitrogen and oxygen atoms in total. The van der Waals surface area contributed by atoms with E-state index >= 15 is 0 Å². The predicted octanol–water partition coefficient (Wildman–Crippen LogP) is 2.75. The Morgan fingerprint density at radius 3 is 2.67 bits per heavy atom. The van der Waals surface area contributed by atoms with Gasteiger partial charge in [-0.15, -0.1) is 24.0 Å². The second-order valence-electron chi connectivity index (χ2n) is 5.40. The van der Waals surface area contributed by atoms with E-state index in [-0.39, 0.29) is 24.0 Å². The molecule has 0 saturated heterocycles. The summed E-state index contributed by atoms with van der Waals surface area (Å²) in [5.41, 5.74) is 1.15. The summed E-state index contributed by atoms with van der Waals surface area (Å²) in [4.78, 5) is 6.40. The molecule has 1 rings (SSSR count). The fraction of sp³-hybridized carbons (Fsp3) is 0.688. The molecule has 140 valence electrons. The van der Waals surface area contributed by atoms with Gasteiger partial charge in [-0.2, -0.15) is 0 Å². The van der Waals surface area contributed by atoms with Crippen molar-refractivity contribution in [1.82, 2.24) is 14.8 Å². The van der Waals surface area contributed by atoms with Crippen LogP contribution in [0.1, 0.15) is 18.5 Å². The number of unbranched alkanes of at least 4 members (excludes halogenated alkanes) is 1. The van der Waals surface area contributed by atoms with Gasteiger partial charge >= 0.3 is 0 Å². The Kier molecular flexibility index (Phi) is 13.5. The van der Waals surface area contributed by atoms with Gasteiger partial charge in [0, 0.05) is 53.3 Å². The number of aliphatic imine (C=N–C) groups is 1. The van der Waals surface area contributed by atoms with Gasteiger partial charge in [-0.3, -0.25) is 4.99 Å². The SMILES string of the molecule is CN=C(NCCCCOCCOC)N(C)Cc1cc(Cl)cn1C.I. The average Bonchev–Trinajstić information content (AvgIpc) is 2.83. The molecule has 0 aliphatic carbocycles. The number of halogens is 2. The lowest BCUT2D eigenvalue weighted by atomic mass is 10.3. The zero-order chi connectivity index (χ0) is 17.1. The molecule has 0 unspecified atom stereocenters. The molecule has 0 aliphatic rings. The Hall–Kier alpha value is -0.510. The highest BCUT2D eigenvalue weighted by atomic mass is 127. The van der Waals surface area contributed by atoms with E-state index in [1.165, 1.54) is 0 Å². The molecule has 0 radical (unpaired) electrons. The fourth-order valence-electron chi connectivity index (χ4n) is 2.20. The van der Waals surface area contributed by atoms with Crippen LogP contribution in [0.2, 0.25) is 5.02 Å². The smallest absolute Gasteiger partial charge is 0.193 e. The minimum absolute atomic E-state index is 0. The molecule has 1 N–H and O–H groups in total. The van der Waals surface area contributed by atoms with Gasteiger partial charge in [0.2, 0.25) is 0 Å². The Balaban J connectivity index is 0.00000529. The zero-order valence-electron chi connectivity index (χ0n) is 15.0. The Morgan fingerprint density at radius 1 is 1.33 bits per heavy atom. The first-order valence-electron chi connectivity index (χ1n) is 7.87. The summed E-state index contributed by atoms with van der Waals surface area (Å²) in [5.74, 6) is 0.877. The first kappa shape index (κ1) is 23.5. The van der Waals surface area contributed by atoms with Crippen LogP contribution in [0.15, 0.2) is 17.3 Å². The van der Waals surface area contributed by atoms with Crippen LogP contribution in [0.25, 0.3) is 0 Å². The minimum atomic E-state index is 0. The summed E-state index contributed by atoms with van der Waals surface area (Å²) < 4.78 is 12.4. The van der Waals surface area contributed by atoms with Gasteiger partial charge in [0.05, 0.1) is 24.8 Å². The van der Waals surface area contributed by atoms with Crippen LogP contribution in [-0.4, -0.2) is 63.0 Å². The van der Waals surface area contributed by atoms with E-state index in [4.69, 9.17) is 21.1 Å². The lowest BCUT2D eigenvalue weighted by molar-refractivity contribution is 0.0689. The molecule has 0 spiro atoms. The van der Waals surface area contributed by atoms with E-state index in [1.54, 1.807) is 14.2 Å². The van der Waals surface area contributed by atoms with E-state index in [0.717, 1.165) is 49.2 Å². The van der Waals surface area contributed by atoms with Crippen molar-refractivity contribution in [3.8, 4) is 0 Å². The first-order chi connectivity index (χ1) is 11.1. The van der Waals surface area contributed by atoms with Crippen LogP contribution in [-0.2, 0) is 23.1 Å². The number of guanidine groups is 1. The number of ether oxygens (including phenoxy) is 2. The van der Waals surface area contributed by atoms with Crippen molar-refractivity contribution in [2.45, 2.75) is 19.4 Å². The molecule has 8 heteroatoms. The Morgan fingerprint density at radius 2 is 2.08 bits per heavy atom. The normalized spacial score (nSPS) is 11.3. The van der Waals surface area contributed by atoms with Crippen molar-refractivity contribution in [2.75, 3.05) is 47.6 Å². The van der Waals surface area contributed by atoms with Crippen LogP contribution in [0.3, 0.4) is 0 Å². The molecule has 24 heavy (non-hydrogen) atoms. The molecule has 0 aromatic carbocycles. The van der Waals surface area contributed by atoms with Crippen molar-refractivity contribution in [1.29, 1.82) is 0 Å². The molecule has 0 bridgehead atoms. The maximum Gasteiger partial charge on any atom is 0.193 e. The summed E-state index contributed by atoms with van der Waals surface area (Å²) >= 11 is 6.02. The third kappa shape index (κ3) is 9.10. The molecule has 1 aromatic rings. The van der Waals surface area contributed by atoms with Crippen molar-refractivity contribution in [2.24, 2.45) is 12.0 Å². The van der Waals surface area contributed by atoms with Crippen LogP contribution >= 0.6 is 35.6 Å². The lowest BCUT2D eigenvalue weighted by Gasteiger charge is -2.22. The van der Waals surface area contributed by atoms with Crippen molar-refractivity contribution in [3.05, 3.63) is 23.0 Å². The number of hydrogen-bond donors (Lipinski definition) is 1. The molecule has 0 atom stereocenters. The summed E-state index contributed by atoms with van der Waals surface area (Å²) in [6, 6.07) is 1.97. The van der Waals surface area contributed by atoms with Gasteiger partial charge in [-0.1, -0.05) is 11.6 Å². The summed E-state index contributed by atoms with van der Waals surface area (Å²) in [6.07, 6.45) is 3.96.